The number of aryl methyl sites for hydroxylation is 1. The average Bonchev–Trinajstić information content (AvgIpc) is 3.09. The van der Waals surface area contributed by atoms with Crippen LogP contribution < -0.4 is 10.6 Å². The summed E-state index contributed by atoms with van der Waals surface area (Å²) in [5, 5.41) is 12.7. The Hall–Kier alpha value is -2.83. The van der Waals surface area contributed by atoms with Crippen LogP contribution >= 0.6 is 0 Å². The molecule has 0 saturated carbocycles. The molecule has 7 heteroatoms. The SMILES string of the molecule is CCNC(=O)N1Cc2[nH]nc(NC(=O)Cc3cccc(C)c3)c2C1. The van der Waals surface area contributed by atoms with Crippen molar-refractivity contribution in [3.8, 4) is 0 Å². The van der Waals surface area contributed by atoms with Gasteiger partial charge in [0.25, 0.3) is 0 Å². The summed E-state index contributed by atoms with van der Waals surface area (Å²) < 4.78 is 0. The predicted octanol–water partition coefficient (Wildman–Crippen LogP) is 1.94. The summed E-state index contributed by atoms with van der Waals surface area (Å²) >= 11 is 0. The molecule has 0 saturated heterocycles. The summed E-state index contributed by atoms with van der Waals surface area (Å²) in [6.45, 7) is 5.38. The molecule has 126 valence electrons. The number of anilines is 1. The van der Waals surface area contributed by atoms with Crippen molar-refractivity contribution in [3.05, 3.63) is 46.6 Å². The fourth-order valence-corrected chi connectivity index (χ4v) is 2.83. The Morgan fingerprint density at radius 3 is 2.92 bits per heavy atom. The van der Waals surface area contributed by atoms with Gasteiger partial charge in [-0.25, -0.2) is 4.79 Å². The van der Waals surface area contributed by atoms with Gasteiger partial charge >= 0.3 is 6.03 Å². The lowest BCUT2D eigenvalue weighted by molar-refractivity contribution is -0.115. The second-order valence-corrected chi connectivity index (χ2v) is 5.93. The highest BCUT2D eigenvalue weighted by atomic mass is 16.2. The van der Waals surface area contributed by atoms with Gasteiger partial charge in [0, 0.05) is 12.1 Å². The quantitative estimate of drug-likeness (QED) is 0.801. The normalized spacial score (nSPS) is 12.8. The van der Waals surface area contributed by atoms with Crippen molar-refractivity contribution in [2.45, 2.75) is 33.4 Å². The number of amides is 3. The summed E-state index contributed by atoms with van der Waals surface area (Å²) in [6, 6.07) is 7.75. The van der Waals surface area contributed by atoms with Crippen LogP contribution in [0.1, 0.15) is 29.3 Å². The van der Waals surface area contributed by atoms with Gasteiger partial charge in [-0.1, -0.05) is 29.8 Å². The largest absolute Gasteiger partial charge is 0.338 e. The van der Waals surface area contributed by atoms with Crippen LogP contribution in [0, 0.1) is 6.92 Å². The minimum atomic E-state index is -0.119. The Morgan fingerprint density at radius 2 is 2.17 bits per heavy atom. The Kier molecular flexibility index (Phi) is 4.50. The van der Waals surface area contributed by atoms with Crippen molar-refractivity contribution in [2.24, 2.45) is 0 Å². The van der Waals surface area contributed by atoms with E-state index >= 15 is 0 Å². The molecule has 1 aliphatic rings. The summed E-state index contributed by atoms with van der Waals surface area (Å²) in [4.78, 5) is 25.8. The Morgan fingerprint density at radius 1 is 1.33 bits per heavy atom. The van der Waals surface area contributed by atoms with Crippen LogP contribution in [-0.2, 0) is 24.3 Å². The smallest absolute Gasteiger partial charge is 0.318 e. The number of nitrogens with one attached hydrogen (secondary N) is 3. The number of nitrogens with zero attached hydrogens (tertiary/aromatic N) is 2. The molecule has 0 radical (unpaired) electrons. The van der Waals surface area contributed by atoms with Gasteiger partial charge < -0.3 is 15.5 Å². The topological polar surface area (TPSA) is 90.1 Å². The molecule has 0 spiro atoms. The minimum absolute atomic E-state index is 0.112. The fourth-order valence-electron chi connectivity index (χ4n) is 2.83. The van der Waals surface area contributed by atoms with E-state index in [4.69, 9.17) is 0 Å². The maximum Gasteiger partial charge on any atom is 0.318 e. The first kappa shape index (κ1) is 16.0. The third-order valence-electron chi connectivity index (χ3n) is 3.97. The number of benzene rings is 1. The van der Waals surface area contributed by atoms with Crippen LogP contribution in [-0.4, -0.2) is 33.6 Å². The molecule has 2 heterocycles. The van der Waals surface area contributed by atoms with E-state index in [-0.39, 0.29) is 11.9 Å². The van der Waals surface area contributed by atoms with Gasteiger partial charge in [-0.05, 0) is 19.4 Å². The molecule has 0 fully saturated rings. The number of hydrogen-bond acceptors (Lipinski definition) is 3. The summed E-state index contributed by atoms with van der Waals surface area (Å²) in [5.74, 6) is 0.390. The van der Waals surface area contributed by atoms with E-state index in [1.807, 2.05) is 38.1 Å². The molecule has 0 atom stereocenters. The van der Waals surface area contributed by atoms with E-state index in [0.29, 0.717) is 31.9 Å². The van der Waals surface area contributed by atoms with Crippen LogP contribution in [0.15, 0.2) is 24.3 Å². The summed E-state index contributed by atoms with van der Waals surface area (Å²) in [5.41, 5.74) is 3.83. The van der Waals surface area contributed by atoms with E-state index in [1.54, 1.807) is 4.90 Å². The molecule has 3 rings (SSSR count). The first-order chi connectivity index (χ1) is 11.6. The van der Waals surface area contributed by atoms with E-state index < -0.39 is 0 Å². The number of aromatic nitrogens is 2. The van der Waals surface area contributed by atoms with E-state index in [0.717, 1.165) is 22.4 Å². The Labute approximate surface area is 140 Å². The maximum absolute atomic E-state index is 12.3. The molecular weight excluding hydrogens is 306 g/mol. The lowest BCUT2D eigenvalue weighted by atomic mass is 10.1. The van der Waals surface area contributed by atoms with Gasteiger partial charge in [-0.3, -0.25) is 9.89 Å². The Bertz CT molecular complexity index is 768. The van der Waals surface area contributed by atoms with Crippen LogP contribution in [0.25, 0.3) is 0 Å². The second-order valence-electron chi connectivity index (χ2n) is 5.93. The molecule has 2 aromatic rings. The molecule has 3 amide bonds. The standard InChI is InChI=1S/C17H21N5O2/c1-3-18-17(24)22-9-13-14(10-22)20-21-16(13)19-15(23)8-12-6-4-5-11(2)7-12/h4-7H,3,8-10H2,1-2H3,(H,18,24)(H2,19,20,21,23). The second kappa shape index (κ2) is 6.74. The van der Waals surface area contributed by atoms with Crippen molar-refractivity contribution in [1.29, 1.82) is 0 Å². The molecule has 0 bridgehead atoms. The molecule has 7 nitrogen and oxygen atoms in total. The Balaban J connectivity index is 1.64. The van der Waals surface area contributed by atoms with E-state index in [2.05, 4.69) is 20.8 Å². The molecule has 1 aliphatic heterocycles. The average molecular weight is 327 g/mol. The zero-order valence-corrected chi connectivity index (χ0v) is 13.8. The first-order valence-electron chi connectivity index (χ1n) is 8.01. The number of hydrogen-bond donors (Lipinski definition) is 3. The molecule has 24 heavy (non-hydrogen) atoms. The first-order valence-corrected chi connectivity index (χ1v) is 8.01. The monoisotopic (exact) mass is 327 g/mol. The lowest BCUT2D eigenvalue weighted by Gasteiger charge is -2.15. The number of carbonyl (C=O) groups excluding carboxylic acids is 2. The molecule has 0 unspecified atom stereocenters. The van der Waals surface area contributed by atoms with Crippen molar-refractivity contribution < 1.29 is 9.59 Å². The van der Waals surface area contributed by atoms with E-state index in [1.165, 1.54) is 0 Å². The summed E-state index contributed by atoms with van der Waals surface area (Å²) in [6.07, 6.45) is 0.295. The van der Waals surface area contributed by atoms with Crippen LogP contribution in [0.5, 0.6) is 0 Å². The van der Waals surface area contributed by atoms with Gasteiger partial charge in [-0.15, -0.1) is 0 Å². The number of urea groups is 1. The van der Waals surface area contributed by atoms with Crippen molar-refractivity contribution in [1.82, 2.24) is 20.4 Å². The fraction of sp³-hybridized carbons (Fsp3) is 0.353. The van der Waals surface area contributed by atoms with Crippen LogP contribution in [0.4, 0.5) is 10.6 Å². The molecule has 3 N–H and O–H groups in total. The zero-order chi connectivity index (χ0) is 17.1. The highest BCUT2D eigenvalue weighted by Crippen LogP contribution is 2.27. The molecule has 1 aromatic carbocycles. The molecular formula is C17H21N5O2. The number of rotatable bonds is 4. The molecule has 0 aliphatic carbocycles. The van der Waals surface area contributed by atoms with Crippen LogP contribution in [0.3, 0.4) is 0 Å². The zero-order valence-electron chi connectivity index (χ0n) is 13.8. The minimum Gasteiger partial charge on any atom is -0.338 e. The maximum atomic E-state index is 12.3. The number of H-pyrrole nitrogens is 1. The van der Waals surface area contributed by atoms with Gasteiger partial charge in [0.1, 0.15) is 0 Å². The van der Waals surface area contributed by atoms with Crippen LogP contribution in [0.2, 0.25) is 0 Å². The predicted molar refractivity (Wildman–Crippen MR) is 90.4 cm³/mol. The van der Waals surface area contributed by atoms with E-state index in [9.17, 15) is 9.59 Å². The van der Waals surface area contributed by atoms with Gasteiger partial charge in [0.15, 0.2) is 5.82 Å². The van der Waals surface area contributed by atoms with Crippen molar-refractivity contribution in [3.63, 3.8) is 0 Å². The van der Waals surface area contributed by atoms with Crippen molar-refractivity contribution in [2.75, 3.05) is 11.9 Å². The number of fused-ring (bicyclic) bond motifs is 1. The molecule has 1 aromatic heterocycles. The van der Waals surface area contributed by atoms with Crippen molar-refractivity contribution >= 4 is 17.8 Å². The third kappa shape index (κ3) is 3.40. The summed E-state index contributed by atoms with van der Waals surface area (Å²) in [7, 11) is 0. The third-order valence-corrected chi connectivity index (χ3v) is 3.97. The van der Waals surface area contributed by atoms with Gasteiger partial charge in [-0.2, -0.15) is 5.10 Å². The highest BCUT2D eigenvalue weighted by molar-refractivity contribution is 5.92. The van der Waals surface area contributed by atoms with Gasteiger partial charge in [0.2, 0.25) is 5.91 Å². The lowest BCUT2D eigenvalue weighted by Crippen LogP contribution is -2.36. The number of aromatic amines is 1. The number of carbonyl (C=O) groups is 2. The van der Waals surface area contributed by atoms with Gasteiger partial charge in [0.05, 0.1) is 25.2 Å². The highest BCUT2D eigenvalue weighted by Gasteiger charge is 2.28.